The van der Waals surface area contributed by atoms with Gasteiger partial charge in [-0.2, -0.15) is 0 Å². The van der Waals surface area contributed by atoms with E-state index in [0.717, 1.165) is 15.6 Å². The molecule has 0 atom stereocenters. The average molecular weight is 435 g/mol. The third kappa shape index (κ3) is 3.62. The highest BCUT2D eigenvalue weighted by Crippen LogP contribution is 2.35. The molecule has 4 nitrogen and oxygen atoms in total. The molecule has 138 valence electrons. The summed E-state index contributed by atoms with van der Waals surface area (Å²) in [5.74, 6) is 0.288. The van der Waals surface area contributed by atoms with E-state index in [9.17, 15) is 9.59 Å². The number of esters is 1. The number of aryl methyl sites for hydroxylation is 1. The van der Waals surface area contributed by atoms with Crippen LogP contribution < -0.4 is 9.47 Å². The smallest absolute Gasteiger partial charge is 0.343 e. The summed E-state index contributed by atoms with van der Waals surface area (Å²) in [5, 5.41) is 0. The molecule has 0 amide bonds. The Morgan fingerprint density at radius 2 is 1.79 bits per heavy atom. The fourth-order valence-corrected chi connectivity index (χ4v) is 3.17. The molecule has 5 heteroatoms. The molecular formula is C23H15BrO4. The van der Waals surface area contributed by atoms with Gasteiger partial charge in [-0.25, -0.2) is 4.79 Å². The summed E-state index contributed by atoms with van der Waals surface area (Å²) in [7, 11) is 0. The number of benzene rings is 3. The van der Waals surface area contributed by atoms with Crippen molar-refractivity contribution in [1.29, 1.82) is 0 Å². The van der Waals surface area contributed by atoms with Crippen LogP contribution in [0.25, 0.3) is 6.08 Å². The Labute approximate surface area is 170 Å². The zero-order valence-electron chi connectivity index (χ0n) is 14.9. The zero-order valence-corrected chi connectivity index (χ0v) is 16.5. The summed E-state index contributed by atoms with van der Waals surface area (Å²) in [4.78, 5) is 24.9. The fraction of sp³-hybridized carbons (Fsp3) is 0.0435. The molecule has 3 aromatic rings. The van der Waals surface area contributed by atoms with Crippen molar-refractivity contribution in [2.24, 2.45) is 0 Å². The number of hydrogen-bond donors (Lipinski definition) is 0. The van der Waals surface area contributed by atoms with Gasteiger partial charge in [-0.3, -0.25) is 4.79 Å². The van der Waals surface area contributed by atoms with Crippen LogP contribution in [0.3, 0.4) is 0 Å². The number of ether oxygens (including phenoxy) is 2. The summed E-state index contributed by atoms with van der Waals surface area (Å²) in [6.45, 7) is 1.85. The molecule has 0 bridgehead atoms. The van der Waals surface area contributed by atoms with Crippen molar-refractivity contribution < 1.29 is 19.1 Å². The van der Waals surface area contributed by atoms with Gasteiger partial charge < -0.3 is 9.47 Å². The molecule has 1 heterocycles. The molecule has 0 radical (unpaired) electrons. The van der Waals surface area contributed by atoms with Crippen LogP contribution in [-0.2, 0) is 0 Å². The zero-order chi connectivity index (χ0) is 19.7. The largest absolute Gasteiger partial charge is 0.452 e. The Hall–Kier alpha value is -3.18. The van der Waals surface area contributed by atoms with Gasteiger partial charge in [0.1, 0.15) is 11.5 Å². The summed E-state index contributed by atoms with van der Waals surface area (Å²) in [5.41, 5.74) is 2.63. The normalized spacial score (nSPS) is 13.9. The molecule has 1 aliphatic rings. The number of carbonyl (C=O) groups is 2. The first kappa shape index (κ1) is 18.2. The number of fused-ring (bicyclic) bond motifs is 1. The Bertz CT molecular complexity index is 1110. The third-order valence-electron chi connectivity index (χ3n) is 4.38. The van der Waals surface area contributed by atoms with E-state index in [1.807, 2.05) is 43.3 Å². The third-order valence-corrected chi connectivity index (χ3v) is 4.91. The van der Waals surface area contributed by atoms with Crippen LogP contribution in [0.15, 0.2) is 77.0 Å². The van der Waals surface area contributed by atoms with Crippen LogP contribution in [0.2, 0.25) is 0 Å². The van der Waals surface area contributed by atoms with E-state index in [-0.39, 0.29) is 11.5 Å². The van der Waals surface area contributed by atoms with E-state index in [1.54, 1.807) is 36.4 Å². The lowest BCUT2D eigenvalue weighted by molar-refractivity contribution is 0.0733. The van der Waals surface area contributed by atoms with Crippen molar-refractivity contribution in [2.75, 3.05) is 0 Å². The minimum Gasteiger partial charge on any atom is -0.452 e. The van der Waals surface area contributed by atoms with Crippen molar-refractivity contribution in [3.63, 3.8) is 0 Å². The van der Waals surface area contributed by atoms with Crippen molar-refractivity contribution in [3.05, 3.63) is 99.2 Å². The molecule has 28 heavy (non-hydrogen) atoms. The van der Waals surface area contributed by atoms with E-state index >= 15 is 0 Å². The van der Waals surface area contributed by atoms with Gasteiger partial charge in [0.05, 0.1) is 11.1 Å². The Kier molecular flexibility index (Phi) is 4.84. The maximum absolute atomic E-state index is 12.6. The average Bonchev–Trinajstić information content (AvgIpc) is 2.99. The number of carbonyl (C=O) groups excluding carboxylic acids is 2. The Morgan fingerprint density at radius 3 is 2.54 bits per heavy atom. The topological polar surface area (TPSA) is 52.6 Å². The number of rotatable bonds is 3. The van der Waals surface area contributed by atoms with E-state index < -0.39 is 5.97 Å². The van der Waals surface area contributed by atoms with Crippen LogP contribution in [0.1, 0.15) is 31.8 Å². The molecule has 0 spiro atoms. The summed E-state index contributed by atoms with van der Waals surface area (Å²) >= 11 is 3.38. The molecular weight excluding hydrogens is 420 g/mol. The number of hydrogen-bond acceptors (Lipinski definition) is 4. The lowest BCUT2D eigenvalue weighted by atomic mass is 10.1. The lowest BCUT2D eigenvalue weighted by Gasteiger charge is -2.07. The number of allylic oxidation sites excluding steroid dienone is 1. The van der Waals surface area contributed by atoms with Crippen molar-refractivity contribution in [2.45, 2.75) is 6.92 Å². The van der Waals surface area contributed by atoms with Gasteiger partial charge in [-0.1, -0.05) is 46.3 Å². The molecule has 0 aliphatic carbocycles. The van der Waals surface area contributed by atoms with Crippen LogP contribution in [0, 0.1) is 6.92 Å². The predicted molar refractivity (Wildman–Crippen MR) is 110 cm³/mol. The summed E-state index contributed by atoms with van der Waals surface area (Å²) < 4.78 is 12.1. The SMILES string of the molecule is Cc1ccccc1C(=O)Oc1ccc2c(c1)O/C(=C\c1ccc(Br)cc1)C2=O. The molecule has 4 rings (SSSR count). The van der Waals surface area contributed by atoms with E-state index in [4.69, 9.17) is 9.47 Å². The first-order chi connectivity index (χ1) is 13.5. The van der Waals surface area contributed by atoms with Gasteiger partial charge in [0.25, 0.3) is 0 Å². The maximum Gasteiger partial charge on any atom is 0.343 e. The van der Waals surface area contributed by atoms with Gasteiger partial charge in [-0.15, -0.1) is 0 Å². The molecule has 0 saturated heterocycles. The van der Waals surface area contributed by atoms with Crippen LogP contribution in [0.5, 0.6) is 11.5 Å². The number of Topliss-reactive ketones (excluding diaryl/α,β-unsaturated/α-hetero) is 1. The van der Waals surface area contributed by atoms with Crippen molar-refractivity contribution in [3.8, 4) is 11.5 Å². The molecule has 0 N–H and O–H groups in total. The number of ketones is 1. The Balaban J connectivity index is 1.56. The van der Waals surface area contributed by atoms with Crippen LogP contribution in [-0.4, -0.2) is 11.8 Å². The fourth-order valence-electron chi connectivity index (χ4n) is 2.91. The van der Waals surface area contributed by atoms with Gasteiger partial charge >= 0.3 is 5.97 Å². The predicted octanol–water partition coefficient (Wildman–Crippen LogP) is 5.59. The highest BCUT2D eigenvalue weighted by molar-refractivity contribution is 9.10. The molecule has 0 saturated carbocycles. The van der Waals surface area contributed by atoms with E-state index in [1.165, 1.54) is 0 Å². The van der Waals surface area contributed by atoms with Gasteiger partial charge in [0.2, 0.25) is 5.78 Å². The van der Waals surface area contributed by atoms with Crippen LogP contribution in [0.4, 0.5) is 0 Å². The Morgan fingerprint density at radius 1 is 1.04 bits per heavy atom. The second-order valence-corrected chi connectivity index (χ2v) is 7.27. The van der Waals surface area contributed by atoms with Crippen LogP contribution >= 0.6 is 15.9 Å². The van der Waals surface area contributed by atoms with Crippen molar-refractivity contribution >= 4 is 33.8 Å². The van der Waals surface area contributed by atoms with E-state index in [2.05, 4.69) is 15.9 Å². The van der Waals surface area contributed by atoms with E-state index in [0.29, 0.717) is 22.6 Å². The molecule has 0 aromatic heterocycles. The summed E-state index contributed by atoms with van der Waals surface area (Å²) in [6.07, 6.45) is 1.69. The monoisotopic (exact) mass is 434 g/mol. The number of halogens is 1. The highest BCUT2D eigenvalue weighted by Gasteiger charge is 2.28. The minimum atomic E-state index is -0.451. The molecule has 1 aliphatic heterocycles. The maximum atomic E-state index is 12.6. The molecule has 3 aromatic carbocycles. The van der Waals surface area contributed by atoms with Crippen molar-refractivity contribution in [1.82, 2.24) is 0 Å². The quantitative estimate of drug-likeness (QED) is 0.306. The molecule has 0 fully saturated rings. The van der Waals surface area contributed by atoms with Gasteiger partial charge in [0.15, 0.2) is 5.76 Å². The second kappa shape index (κ2) is 7.44. The van der Waals surface area contributed by atoms with Gasteiger partial charge in [0, 0.05) is 10.5 Å². The summed E-state index contributed by atoms with van der Waals surface area (Å²) in [6, 6.07) is 19.5. The first-order valence-corrected chi connectivity index (χ1v) is 9.42. The minimum absolute atomic E-state index is 0.199. The standard InChI is InChI=1S/C23H15BrO4/c1-14-4-2-3-5-18(14)23(26)27-17-10-11-19-20(13-17)28-21(22(19)25)12-15-6-8-16(24)9-7-15/h2-13H,1H3/b21-12-. The van der Waals surface area contributed by atoms with Gasteiger partial charge in [-0.05, 0) is 54.5 Å². The lowest BCUT2D eigenvalue weighted by Crippen LogP contribution is -2.10. The second-order valence-electron chi connectivity index (χ2n) is 6.35. The molecule has 0 unspecified atom stereocenters. The first-order valence-electron chi connectivity index (χ1n) is 8.63. The highest BCUT2D eigenvalue weighted by atomic mass is 79.9.